The summed E-state index contributed by atoms with van der Waals surface area (Å²) in [6.45, 7) is 1.93. The van der Waals surface area contributed by atoms with E-state index in [1.165, 1.54) is 11.8 Å². The Morgan fingerprint density at radius 3 is 3.00 bits per heavy atom. The Morgan fingerprint density at radius 1 is 1.73 bits per heavy atom. The van der Waals surface area contributed by atoms with Crippen LogP contribution in [-0.2, 0) is 0 Å². The summed E-state index contributed by atoms with van der Waals surface area (Å²) in [7, 11) is 0. The van der Waals surface area contributed by atoms with Crippen molar-refractivity contribution in [3.05, 3.63) is 24.0 Å². The molecule has 0 radical (unpaired) electrons. The number of pyridine rings is 1. The van der Waals surface area contributed by atoms with Crippen molar-refractivity contribution in [3.63, 3.8) is 0 Å². The lowest BCUT2D eigenvalue weighted by Gasteiger charge is -1.97. The minimum Gasteiger partial charge on any atom is -0.384 e. The molecule has 0 aliphatic heterocycles. The summed E-state index contributed by atoms with van der Waals surface area (Å²) in [5, 5.41) is 0. The maximum Gasteiger partial charge on any atom is 0.135 e. The van der Waals surface area contributed by atoms with Gasteiger partial charge in [-0.15, -0.1) is 0 Å². The first-order valence-corrected chi connectivity index (χ1v) is 4.31. The Balaban J connectivity index is 2.79. The number of nitrogens with zero attached hydrogens (tertiary/aromatic N) is 1. The second-order valence-electron chi connectivity index (χ2n) is 2.05. The summed E-state index contributed by atoms with van der Waals surface area (Å²) in [5.41, 5.74) is 6.33. The lowest BCUT2D eigenvalue weighted by molar-refractivity contribution is 1.16. The van der Waals surface area contributed by atoms with Gasteiger partial charge in [0.1, 0.15) is 4.32 Å². The van der Waals surface area contributed by atoms with Gasteiger partial charge in [-0.25, -0.2) is 0 Å². The van der Waals surface area contributed by atoms with E-state index in [-0.39, 0.29) is 0 Å². The molecule has 0 unspecified atom stereocenters. The van der Waals surface area contributed by atoms with Gasteiger partial charge < -0.3 is 5.73 Å². The van der Waals surface area contributed by atoms with Gasteiger partial charge in [0.2, 0.25) is 0 Å². The highest BCUT2D eigenvalue weighted by Gasteiger charge is 1.95. The Kier molecular flexibility index (Phi) is 2.84. The molecule has 0 bridgehead atoms. The first kappa shape index (κ1) is 8.49. The number of rotatable bonds is 1. The predicted molar refractivity (Wildman–Crippen MR) is 51.6 cm³/mol. The Hall–Kier alpha value is -0.610. The number of thiocarbonyl (C=S) groups is 1. The van der Waals surface area contributed by atoms with Crippen molar-refractivity contribution in [2.24, 2.45) is 5.73 Å². The van der Waals surface area contributed by atoms with Crippen molar-refractivity contribution in [3.8, 4) is 0 Å². The average molecular weight is 184 g/mol. The highest BCUT2D eigenvalue weighted by atomic mass is 32.2. The van der Waals surface area contributed by atoms with E-state index in [2.05, 4.69) is 4.98 Å². The van der Waals surface area contributed by atoms with Gasteiger partial charge in [0.25, 0.3) is 0 Å². The Morgan fingerprint density at radius 2 is 2.45 bits per heavy atom. The zero-order chi connectivity index (χ0) is 8.27. The van der Waals surface area contributed by atoms with Gasteiger partial charge in [-0.3, -0.25) is 4.98 Å². The van der Waals surface area contributed by atoms with E-state index in [0.29, 0.717) is 4.32 Å². The molecule has 0 aliphatic rings. The zero-order valence-corrected chi connectivity index (χ0v) is 7.71. The Labute approximate surface area is 75.2 Å². The van der Waals surface area contributed by atoms with Crippen molar-refractivity contribution in [1.29, 1.82) is 0 Å². The molecule has 1 rings (SSSR count). The molecule has 1 aromatic rings. The van der Waals surface area contributed by atoms with Crippen molar-refractivity contribution in [2.75, 3.05) is 0 Å². The molecular weight excluding hydrogens is 176 g/mol. The molecule has 58 valence electrons. The smallest absolute Gasteiger partial charge is 0.135 e. The van der Waals surface area contributed by atoms with Crippen LogP contribution in [0.2, 0.25) is 0 Å². The van der Waals surface area contributed by atoms with Crippen LogP contribution in [0.1, 0.15) is 5.69 Å². The van der Waals surface area contributed by atoms with E-state index in [9.17, 15) is 0 Å². The Bertz CT molecular complexity index is 273. The van der Waals surface area contributed by atoms with Gasteiger partial charge in [-0.05, 0) is 19.1 Å². The minimum atomic E-state index is 0.440. The van der Waals surface area contributed by atoms with E-state index in [0.717, 1.165) is 10.6 Å². The normalized spacial score (nSPS) is 9.55. The number of hydrogen-bond acceptors (Lipinski definition) is 3. The van der Waals surface area contributed by atoms with Crippen LogP contribution >= 0.6 is 24.0 Å². The summed E-state index contributed by atoms with van der Waals surface area (Å²) < 4.78 is 0.440. The maximum absolute atomic E-state index is 5.35. The molecule has 2 nitrogen and oxygen atoms in total. The molecule has 0 saturated heterocycles. The standard InChI is InChI=1S/C7H8N2S2/c1-5-4-6(2-3-9-5)11-7(8)10/h2-4H,1H3,(H2,8,10). The van der Waals surface area contributed by atoms with Crippen LogP contribution in [0.4, 0.5) is 0 Å². The zero-order valence-electron chi connectivity index (χ0n) is 6.07. The van der Waals surface area contributed by atoms with E-state index in [1.54, 1.807) is 6.20 Å². The largest absolute Gasteiger partial charge is 0.384 e. The summed E-state index contributed by atoms with van der Waals surface area (Å²) >= 11 is 6.12. The molecule has 0 atom stereocenters. The van der Waals surface area contributed by atoms with Gasteiger partial charge >= 0.3 is 0 Å². The number of thioether (sulfide) groups is 1. The fourth-order valence-electron chi connectivity index (χ4n) is 0.699. The molecule has 0 aromatic carbocycles. The predicted octanol–water partition coefficient (Wildman–Crippen LogP) is 1.73. The van der Waals surface area contributed by atoms with Crippen molar-refractivity contribution in [1.82, 2.24) is 4.98 Å². The molecule has 1 aromatic heterocycles. The third kappa shape index (κ3) is 2.86. The molecular formula is C7H8N2S2. The highest BCUT2D eigenvalue weighted by Crippen LogP contribution is 2.17. The average Bonchev–Trinajstić information content (AvgIpc) is 1.85. The van der Waals surface area contributed by atoms with E-state index < -0.39 is 0 Å². The third-order valence-corrected chi connectivity index (χ3v) is 2.03. The van der Waals surface area contributed by atoms with Crippen LogP contribution in [0.3, 0.4) is 0 Å². The molecule has 0 saturated carbocycles. The fraction of sp³-hybridized carbons (Fsp3) is 0.143. The van der Waals surface area contributed by atoms with Crippen LogP contribution < -0.4 is 5.73 Å². The summed E-state index contributed by atoms with van der Waals surface area (Å²) in [5.74, 6) is 0. The second-order valence-corrected chi connectivity index (χ2v) is 3.87. The molecule has 4 heteroatoms. The van der Waals surface area contributed by atoms with Crippen molar-refractivity contribution < 1.29 is 0 Å². The van der Waals surface area contributed by atoms with E-state index in [4.69, 9.17) is 18.0 Å². The van der Waals surface area contributed by atoms with Gasteiger partial charge in [-0.1, -0.05) is 24.0 Å². The number of aryl methyl sites for hydroxylation is 1. The van der Waals surface area contributed by atoms with Gasteiger partial charge in [-0.2, -0.15) is 0 Å². The summed E-state index contributed by atoms with van der Waals surface area (Å²) in [6, 6.07) is 3.83. The topological polar surface area (TPSA) is 38.9 Å². The van der Waals surface area contributed by atoms with Crippen LogP contribution in [0, 0.1) is 6.92 Å². The lowest BCUT2D eigenvalue weighted by atomic mass is 10.4. The van der Waals surface area contributed by atoms with Gasteiger partial charge in [0.15, 0.2) is 0 Å². The summed E-state index contributed by atoms with van der Waals surface area (Å²) in [4.78, 5) is 5.10. The molecule has 0 spiro atoms. The first-order chi connectivity index (χ1) is 5.18. The van der Waals surface area contributed by atoms with E-state index >= 15 is 0 Å². The van der Waals surface area contributed by atoms with Crippen LogP contribution in [0.25, 0.3) is 0 Å². The van der Waals surface area contributed by atoms with Gasteiger partial charge in [0, 0.05) is 16.8 Å². The lowest BCUT2D eigenvalue weighted by Crippen LogP contribution is -2.00. The maximum atomic E-state index is 5.35. The first-order valence-electron chi connectivity index (χ1n) is 3.08. The fourth-order valence-corrected chi connectivity index (χ4v) is 1.58. The highest BCUT2D eigenvalue weighted by molar-refractivity contribution is 8.22. The van der Waals surface area contributed by atoms with Crippen LogP contribution in [0.15, 0.2) is 23.2 Å². The number of hydrogen-bond donors (Lipinski definition) is 1. The molecule has 0 amide bonds. The molecule has 11 heavy (non-hydrogen) atoms. The molecule has 1 heterocycles. The molecule has 0 fully saturated rings. The van der Waals surface area contributed by atoms with Crippen molar-refractivity contribution in [2.45, 2.75) is 11.8 Å². The van der Waals surface area contributed by atoms with E-state index in [1.807, 2.05) is 19.1 Å². The quantitative estimate of drug-likeness (QED) is 0.533. The monoisotopic (exact) mass is 184 g/mol. The third-order valence-electron chi connectivity index (χ3n) is 1.09. The molecule has 0 aliphatic carbocycles. The summed E-state index contributed by atoms with van der Waals surface area (Å²) in [6.07, 6.45) is 1.75. The minimum absolute atomic E-state index is 0.440. The van der Waals surface area contributed by atoms with Crippen LogP contribution in [-0.4, -0.2) is 9.30 Å². The number of nitrogens with two attached hydrogens (primary N) is 1. The second kappa shape index (κ2) is 3.69. The SMILES string of the molecule is Cc1cc(SC(N)=S)ccn1. The van der Waals surface area contributed by atoms with Crippen LogP contribution in [0.5, 0.6) is 0 Å². The van der Waals surface area contributed by atoms with Gasteiger partial charge in [0.05, 0.1) is 0 Å². The van der Waals surface area contributed by atoms with Crippen molar-refractivity contribution >= 4 is 28.3 Å². The molecule has 2 N–H and O–H groups in total. The number of aromatic nitrogens is 1.